The van der Waals surface area contributed by atoms with Gasteiger partial charge >= 0.3 is 5.97 Å². The van der Waals surface area contributed by atoms with Gasteiger partial charge in [0.25, 0.3) is 0 Å². The van der Waals surface area contributed by atoms with Crippen molar-refractivity contribution in [3.8, 4) is 5.75 Å². The number of aliphatic carboxylic acids is 1. The number of hydrogen-bond acceptors (Lipinski definition) is 7. The van der Waals surface area contributed by atoms with Gasteiger partial charge in [0.05, 0.1) is 23.1 Å². The van der Waals surface area contributed by atoms with Crippen molar-refractivity contribution in [3.63, 3.8) is 0 Å². The highest BCUT2D eigenvalue weighted by atomic mass is 32.2. The van der Waals surface area contributed by atoms with Crippen molar-refractivity contribution in [2.24, 2.45) is 0 Å². The third kappa shape index (κ3) is 6.06. The summed E-state index contributed by atoms with van der Waals surface area (Å²) in [6, 6.07) is 12.4. The van der Waals surface area contributed by atoms with Crippen molar-refractivity contribution in [2.75, 3.05) is 23.5 Å². The molecule has 0 spiro atoms. The Kier molecular flexibility index (Phi) is 7.04. The van der Waals surface area contributed by atoms with Gasteiger partial charge in [-0.25, -0.2) is 9.78 Å². The minimum absolute atomic E-state index is 0.162. The number of benzene rings is 2. The number of nitrogens with one attached hydrogen (secondary N) is 2. The zero-order chi connectivity index (χ0) is 21.5. The van der Waals surface area contributed by atoms with E-state index in [1.54, 1.807) is 25.3 Å². The lowest BCUT2D eigenvalue weighted by atomic mass is 10.3. The Morgan fingerprint density at radius 3 is 2.77 bits per heavy atom. The van der Waals surface area contributed by atoms with E-state index in [0.717, 1.165) is 33.0 Å². The third-order valence-corrected chi connectivity index (χ3v) is 5.62. The maximum Gasteiger partial charge on any atom is 0.328 e. The van der Waals surface area contributed by atoms with Gasteiger partial charge in [-0.1, -0.05) is 17.4 Å². The van der Waals surface area contributed by atoms with Gasteiger partial charge in [-0.15, -0.1) is 11.8 Å². The number of thioether (sulfide) groups is 1. The molecular formula is C20H17N3O5S2. The molecule has 2 aromatic carbocycles. The largest absolute Gasteiger partial charge is 0.497 e. The van der Waals surface area contributed by atoms with E-state index < -0.39 is 11.9 Å². The zero-order valence-electron chi connectivity index (χ0n) is 15.7. The van der Waals surface area contributed by atoms with Crippen molar-refractivity contribution in [1.29, 1.82) is 0 Å². The molecule has 3 rings (SSSR count). The molecule has 10 heteroatoms. The fourth-order valence-electron chi connectivity index (χ4n) is 2.38. The number of anilines is 2. The number of nitrogens with zero attached hydrogens (tertiary/aromatic N) is 1. The van der Waals surface area contributed by atoms with Crippen LogP contribution in [0.25, 0.3) is 10.2 Å². The second kappa shape index (κ2) is 9.90. The summed E-state index contributed by atoms with van der Waals surface area (Å²) < 4.78 is 6.10. The molecule has 0 radical (unpaired) electrons. The van der Waals surface area contributed by atoms with Gasteiger partial charge < -0.3 is 20.5 Å². The third-order valence-electron chi connectivity index (χ3n) is 3.69. The molecule has 8 nitrogen and oxygen atoms in total. The molecule has 30 heavy (non-hydrogen) atoms. The molecule has 0 atom stereocenters. The van der Waals surface area contributed by atoms with E-state index in [9.17, 15) is 14.4 Å². The number of amides is 2. The monoisotopic (exact) mass is 443 g/mol. The minimum atomic E-state index is -1.20. The van der Waals surface area contributed by atoms with E-state index in [0.29, 0.717) is 10.8 Å². The summed E-state index contributed by atoms with van der Waals surface area (Å²) >= 11 is 2.67. The van der Waals surface area contributed by atoms with Gasteiger partial charge in [0.15, 0.2) is 5.13 Å². The van der Waals surface area contributed by atoms with Crippen molar-refractivity contribution < 1.29 is 24.2 Å². The summed E-state index contributed by atoms with van der Waals surface area (Å²) in [5.41, 5.74) is 1.28. The van der Waals surface area contributed by atoms with E-state index in [4.69, 9.17) is 9.84 Å². The highest BCUT2D eigenvalue weighted by Crippen LogP contribution is 2.29. The first kappa shape index (κ1) is 21.3. The van der Waals surface area contributed by atoms with Crippen LogP contribution in [0.2, 0.25) is 0 Å². The average Bonchev–Trinajstić information content (AvgIpc) is 3.12. The van der Waals surface area contributed by atoms with Crippen LogP contribution in [0.3, 0.4) is 0 Å². The number of carboxylic acids is 1. The van der Waals surface area contributed by atoms with E-state index in [1.807, 2.05) is 24.3 Å². The smallest absolute Gasteiger partial charge is 0.328 e. The topological polar surface area (TPSA) is 118 Å². The molecule has 1 aromatic heterocycles. The highest BCUT2D eigenvalue weighted by Gasteiger charge is 2.10. The molecule has 3 aromatic rings. The van der Waals surface area contributed by atoms with Gasteiger partial charge in [0, 0.05) is 22.7 Å². The maximum atomic E-state index is 12.3. The number of carbonyl (C=O) groups is 3. The molecule has 0 aliphatic rings. The average molecular weight is 444 g/mol. The van der Waals surface area contributed by atoms with Crippen LogP contribution >= 0.6 is 23.1 Å². The first-order chi connectivity index (χ1) is 14.4. The van der Waals surface area contributed by atoms with Crippen LogP contribution in [-0.4, -0.2) is 40.7 Å². The predicted octanol–water partition coefficient (Wildman–Crippen LogP) is 3.62. The van der Waals surface area contributed by atoms with Crippen LogP contribution < -0.4 is 15.4 Å². The molecule has 0 bridgehead atoms. The standard InChI is InChI=1S/C20H17N3O5S2/c1-28-13-5-6-15-16(10-13)30-20(22-15)23-18(25)11-29-14-4-2-3-12(9-14)21-17(24)7-8-19(26)27/h2-10H,11H2,1H3,(H,21,24)(H,26,27)(H,22,23,25)/b8-7+. The quantitative estimate of drug-likeness (QED) is 0.359. The summed E-state index contributed by atoms with van der Waals surface area (Å²) in [5.74, 6) is -1.07. The minimum Gasteiger partial charge on any atom is -0.497 e. The van der Waals surface area contributed by atoms with Crippen molar-refractivity contribution in [1.82, 2.24) is 4.98 Å². The Morgan fingerprint density at radius 1 is 1.17 bits per heavy atom. The molecule has 0 aliphatic heterocycles. The van der Waals surface area contributed by atoms with E-state index in [1.165, 1.54) is 23.1 Å². The number of ether oxygens (including phenoxy) is 1. The van der Waals surface area contributed by atoms with Gasteiger partial charge in [-0.2, -0.15) is 0 Å². The second-order valence-electron chi connectivity index (χ2n) is 5.88. The lowest BCUT2D eigenvalue weighted by Gasteiger charge is -2.06. The van der Waals surface area contributed by atoms with E-state index >= 15 is 0 Å². The fourth-order valence-corrected chi connectivity index (χ4v) is 4.05. The molecule has 0 unspecified atom stereocenters. The second-order valence-corrected chi connectivity index (χ2v) is 7.96. The molecule has 0 saturated carbocycles. The van der Waals surface area contributed by atoms with E-state index in [2.05, 4.69) is 15.6 Å². The van der Waals surface area contributed by atoms with Gasteiger partial charge in [-0.3, -0.25) is 9.59 Å². The van der Waals surface area contributed by atoms with Crippen LogP contribution in [-0.2, 0) is 14.4 Å². The predicted molar refractivity (Wildman–Crippen MR) is 117 cm³/mol. The summed E-state index contributed by atoms with van der Waals surface area (Å²) in [6.45, 7) is 0. The number of hydrogen-bond donors (Lipinski definition) is 3. The van der Waals surface area contributed by atoms with Crippen LogP contribution in [0.4, 0.5) is 10.8 Å². The Balaban J connectivity index is 1.55. The summed E-state index contributed by atoms with van der Waals surface area (Å²) in [4.78, 5) is 39.6. The lowest BCUT2D eigenvalue weighted by molar-refractivity contribution is -0.131. The molecule has 3 N–H and O–H groups in total. The van der Waals surface area contributed by atoms with Crippen molar-refractivity contribution in [2.45, 2.75) is 4.90 Å². The Labute approximate surface area is 180 Å². The molecule has 2 amide bonds. The van der Waals surface area contributed by atoms with E-state index in [-0.39, 0.29) is 11.7 Å². The van der Waals surface area contributed by atoms with Crippen LogP contribution in [0.5, 0.6) is 5.75 Å². The normalized spacial score (nSPS) is 10.8. The molecule has 0 aliphatic carbocycles. The number of thiazole rings is 1. The Bertz CT molecular complexity index is 1130. The van der Waals surface area contributed by atoms with Crippen LogP contribution in [0, 0.1) is 0 Å². The number of carboxylic acid groups (broad SMARTS) is 1. The fraction of sp³-hybridized carbons (Fsp3) is 0.100. The number of rotatable bonds is 8. The Hall–Kier alpha value is -3.37. The first-order valence-corrected chi connectivity index (χ1v) is 10.4. The summed E-state index contributed by atoms with van der Waals surface area (Å²) in [6.07, 6.45) is 1.69. The van der Waals surface area contributed by atoms with Crippen LogP contribution in [0.15, 0.2) is 59.5 Å². The molecule has 0 saturated heterocycles. The van der Waals surface area contributed by atoms with Crippen molar-refractivity contribution >= 4 is 61.9 Å². The lowest BCUT2D eigenvalue weighted by Crippen LogP contribution is -2.13. The molecule has 154 valence electrons. The summed E-state index contributed by atoms with van der Waals surface area (Å²) in [5, 5.41) is 14.4. The van der Waals surface area contributed by atoms with Gasteiger partial charge in [-0.05, 0) is 36.4 Å². The number of methoxy groups -OCH3 is 1. The summed E-state index contributed by atoms with van der Waals surface area (Å²) in [7, 11) is 1.59. The SMILES string of the molecule is COc1ccc2nc(NC(=O)CSc3cccc(NC(=O)/C=C/C(=O)O)c3)sc2c1. The number of carbonyl (C=O) groups excluding carboxylic acids is 2. The van der Waals surface area contributed by atoms with Gasteiger partial charge in [0.2, 0.25) is 11.8 Å². The van der Waals surface area contributed by atoms with Crippen molar-refractivity contribution in [3.05, 3.63) is 54.6 Å². The number of aromatic nitrogens is 1. The van der Waals surface area contributed by atoms with Crippen LogP contribution in [0.1, 0.15) is 0 Å². The molecular weight excluding hydrogens is 426 g/mol. The first-order valence-electron chi connectivity index (χ1n) is 8.62. The Morgan fingerprint density at radius 2 is 2.00 bits per heavy atom. The highest BCUT2D eigenvalue weighted by molar-refractivity contribution is 8.00. The zero-order valence-corrected chi connectivity index (χ0v) is 17.4. The molecule has 0 fully saturated rings. The maximum absolute atomic E-state index is 12.3. The molecule has 1 heterocycles. The number of fused-ring (bicyclic) bond motifs is 1. The van der Waals surface area contributed by atoms with Gasteiger partial charge in [0.1, 0.15) is 5.75 Å².